The fourth-order valence-corrected chi connectivity index (χ4v) is 3.51. The van der Waals surface area contributed by atoms with Crippen LogP contribution in [0.25, 0.3) is 33.7 Å². The molecule has 0 atom stereocenters. The van der Waals surface area contributed by atoms with Crippen molar-refractivity contribution < 1.29 is 18.4 Å². The van der Waals surface area contributed by atoms with Gasteiger partial charge in [-0.05, 0) is 48.2 Å². The Hall–Kier alpha value is -3.73. The molecule has 0 radical (unpaired) electrons. The summed E-state index contributed by atoms with van der Waals surface area (Å²) in [5.74, 6) is -0.782. The van der Waals surface area contributed by atoms with Crippen LogP contribution in [0, 0.1) is 19.7 Å². The zero-order chi connectivity index (χ0) is 21.3. The number of esters is 1. The number of ether oxygens (including phenoxy) is 1. The number of hydrogen-bond donors (Lipinski definition) is 0. The van der Waals surface area contributed by atoms with E-state index in [0.29, 0.717) is 17.0 Å². The van der Waals surface area contributed by atoms with Crippen LogP contribution in [0.5, 0.6) is 0 Å². The summed E-state index contributed by atoms with van der Waals surface area (Å²) < 4.78 is 24.4. The van der Waals surface area contributed by atoms with E-state index in [0.717, 1.165) is 27.8 Å². The molecule has 5 heteroatoms. The first-order chi connectivity index (χ1) is 14.5. The van der Waals surface area contributed by atoms with Crippen LogP contribution in [0.15, 0.2) is 71.3 Å². The van der Waals surface area contributed by atoms with Crippen LogP contribution in [0.3, 0.4) is 0 Å². The maximum Gasteiger partial charge on any atom is 0.340 e. The molecular formula is C25H20FNO3. The van der Waals surface area contributed by atoms with Crippen molar-refractivity contribution in [1.82, 2.24) is 5.16 Å². The summed E-state index contributed by atoms with van der Waals surface area (Å²) in [7, 11) is 1.22. The number of rotatable bonds is 4. The van der Waals surface area contributed by atoms with Gasteiger partial charge in [-0.15, -0.1) is 0 Å². The fraction of sp³-hybridized carbons (Fsp3) is 0.120. The Labute approximate surface area is 173 Å². The summed E-state index contributed by atoms with van der Waals surface area (Å²) in [6.45, 7) is 4.13. The van der Waals surface area contributed by atoms with E-state index in [2.05, 4.69) is 35.0 Å². The van der Waals surface area contributed by atoms with Crippen molar-refractivity contribution in [2.24, 2.45) is 0 Å². The number of benzene rings is 3. The summed E-state index contributed by atoms with van der Waals surface area (Å²) >= 11 is 0. The Morgan fingerprint density at radius 3 is 2.30 bits per heavy atom. The van der Waals surface area contributed by atoms with Gasteiger partial charge >= 0.3 is 5.97 Å². The van der Waals surface area contributed by atoms with Gasteiger partial charge in [0, 0.05) is 17.2 Å². The molecule has 1 heterocycles. The molecule has 0 spiro atoms. The number of carbonyl (C=O) groups is 1. The maximum atomic E-state index is 14.3. The second-order valence-electron chi connectivity index (χ2n) is 7.04. The molecule has 0 N–H and O–H groups in total. The molecule has 4 nitrogen and oxygen atoms in total. The Kier molecular flexibility index (Phi) is 5.19. The zero-order valence-corrected chi connectivity index (χ0v) is 16.9. The minimum Gasteiger partial charge on any atom is -0.465 e. The Morgan fingerprint density at radius 1 is 0.900 bits per heavy atom. The van der Waals surface area contributed by atoms with Gasteiger partial charge in [-0.3, -0.25) is 0 Å². The maximum absolute atomic E-state index is 14.3. The van der Waals surface area contributed by atoms with Crippen LogP contribution in [0.4, 0.5) is 4.39 Å². The van der Waals surface area contributed by atoms with Gasteiger partial charge in [0.05, 0.1) is 12.7 Å². The lowest BCUT2D eigenvalue weighted by atomic mass is 9.92. The SMILES string of the molecule is COC(=O)c1ccc(-c2cc(-c3ccc(-c4ccccc4)c(C)c3C)on2)cc1F. The van der Waals surface area contributed by atoms with Crippen molar-refractivity contribution in [2.75, 3.05) is 7.11 Å². The lowest BCUT2D eigenvalue weighted by Crippen LogP contribution is -2.04. The zero-order valence-electron chi connectivity index (χ0n) is 16.9. The van der Waals surface area contributed by atoms with E-state index >= 15 is 0 Å². The molecule has 0 unspecified atom stereocenters. The van der Waals surface area contributed by atoms with E-state index in [1.54, 1.807) is 12.1 Å². The van der Waals surface area contributed by atoms with E-state index in [1.807, 2.05) is 31.2 Å². The molecule has 4 rings (SSSR count). The molecule has 0 amide bonds. The third-order valence-corrected chi connectivity index (χ3v) is 5.32. The molecule has 0 saturated heterocycles. The highest BCUT2D eigenvalue weighted by Crippen LogP contribution is 2.34. The van der Waals surface area contributed by atoms with E-state index in [1.165, 1.54) is 19.2 Å². The summed E-state index contributed by atoms with van der Waals surface area (Å²) in [6.07, 6.45) is 0. The highest BCUT2D eigenvalue weighted by atomic mass is 19.1. The first-order valence-corrected chi connectivity index (χ1v) is 9.50. The van der Waals surface area contributed by atoms with Gasteiger partial charge < -0.3 is 9.26 Å². The minimum absolute atomic E-state index is 0.118. The van der Waals surface area contributed by atoms with Gasteiger partial charge in [0.1, 0.15) is 11.5 Å². The first kappa shape index (κ1) is 19.6. The van der Waals surface area contributed by atoms with Crippen LogP contribution in [0.1, 0.15) is 21.5 Å². The van der Waals surface area contributed by atoms with E-state index < -0.39 is 11.8 Å². The predicted molar refractivity (Wildman–Crippen MR) is 114 cm³/mol. The Morgan fingerprint density at radius 2 is 1.60 bits per heavy atom. The lowest BCUT2D eigenvalue weighted by Gasteiger charge is -2.12. The van der Waals surface area contributed by atoms with Gasteiger partial charge in [-0.1, -0.05) is 53.7 Å². The van der Waals surface area contributed by atoms with Gasteiger partial charge in [-0.25, -0.2) is 9.18 Å². The fourth-order valence-electron chi connectivity index (χ4n) is 3.51. The topological polar surface area (TPSA) is 52.3 Å². The van der Waals surface area contributed by atoms with Crippen molar-refractivity contribution in [3.8, 4) is 33.7 Å². The number of halogens is 1. The second kappa shape index (κ2) is 7.95. The molecule has 0 bridgehead atoms. The number of methoxy groups -OCH3 is 1. The first-order valence-electron chi connectivity index (χ1n) is 9.50. The van der Waals surface area contributed by atoms with E-state index in [9.17, 15) is 9.18 Å². The van der Waals surface area contributed by atoms with Crippen molar-refractivity contribution in [2.45, 2.75) is 13.8 Å². The number of aromatic nitrogens is 1. The van der Waals surface area contributed by atoms with Gasteiger partial charge in [-0.2, -0.15) is 0 Å². The molecule has 1 aromatic heterocycles. The standard InChI is InChI=1S/C25H20FNO3/c1-15-16(2)20(12-11-19(15)17-7-5-4-6-8-17)24-14-23(27-30-24)18-9-10-21(22(26)13-18)25(28)29-3/h4-14H,1-3H3. The van der Waals surface area contributed by atoms with E-state index in [-0.39, 0.29) is 5.56 Å². The summed E-state index contributed by atoms with van der Waals surface area (Å²) in [5, 5.41) is 4.09. The van der Waals surface area contributed by atoms with Gasteiger partial charge in [0.2, 0.25) is 0 Å². The van der Waals surface area contributed by atoms with Crippen LogP contribution >= 0.6 is 0 Å². The van der Waals surface area contributed by atoms with Crippen LogP contribution in [0.2, 0.25) is 0 Å². The molecule has 0 fully saturated rings. The molecule has 150 valence electrons. The largest absolute Gasteiger partial charge is 0.465 e. The van der Waals surface area contributed by atoms with Gasteiger partial charge in [0.25, 0.3) is 0 Å². The van der Waals surface area contributed by atoms with E-state index in [4.69, 9.17) is 4.52 Å². The summed E-state index contributed by atoms with van der Waals surface area (Å²) in [4.78, 5) is 11.6. The molecule has 0 aliphatic carbocycles. The average molecular weight is 401 g/mol. The third-order valence-electron chi connectivity index (χ3n) is 5.32. The third kappa shape index (κ3) is 3.50. The van der Waals surface area contributed by atoms with Crippen molar-refractivity contribution in [1.29, 1.82) is 0 Å². The average Bonchev–Trinajstić information content (AvgIpc) is 3.25. The highest BCUT2D eigenvalue weighted by molar-refractivity contribution is 5.90. The van der Waals surface area contributed by atoms with Crippen LogP contribution in [-0.2, 0) is 4.74 Å². The molecule has 0 saturated carbocycles. The lowest BCUT2D eigenvalue weighted by molar-refractivity contribution is 0.0595. The normalized spacial score (nSPS) is 10.8. The Balaban J connectivity index is 1.69. The minimum atomic E-state index is -0.718. The Bertz CT molecular complexity index is 1230. The molecule has 30 heavy (non-hydrogen) atoms. The smallest absolute Gasteiger partial charge is 0.340 e. The molecular weight excluding hydrogens is 381 g/mol. The van der Waals surface area contributed by atoms with Crippen molar-refractivity contribution in [3.63, 3.8) is 0 Å². The highest BCUT2D eigenvalue weighted by Gasteiger charge is 2.17. The quantitative estimate of drug-likeness (QED) is 0.381. The second-order valence-corrected chi connectivity index (χ2v) is 7.04. The summed E-state index contributed by atoms with van der Waals surface area (Å²) in [6, 6.07) is 20.3. The monoisotopic (exact) mass is 401 g/mol. The molecule has 3 aromatic carbocycles. The molecule has 0 aliphatic heterocycles. The van der Waals surface area contributed by atoms with Crippen LogP contribution in [-0.4, -0.2) is 18.2 Å². The number of carbonyl (C=O) groups excluding carboxylic acids is 1. The van der Waals surface area contributed by atoms with Crippen LogP contribution < -0.4 is 0 Å². The van der Waals surface area contributed by atoms with Crippen molar-refractivity contribution >= 4 is 5.97 Å². The molecule has 4 aromatic rings. The summed E-state index contributed by atoms with van der Waals surface area (Å²) in [5.41, 5.74) is 6.39. The molecule has 0 aliphatic rings. The number of hydrogen-bond acceptors (Lipinski definition) is 4. The van der Waals surface area contributed by atoms with Gasteiger partial charge in [0.15, 0.2) is 5.76 Å². The number of nitrogens with zero attached hydrogens (tertiary/aromatic N) is 1. The predicted octanol–water partition coefficient (Wildman–Crippen LogP) is 6.22. The van der Waals surface area contributed by atoms with Crippen molar-refractivity contribution in [3.05, 3.63) is 89.2 Å².